The van der Waals surface area contributed by atoms with Gasteiger partial charge in [0.25, 0.3) is 0 Å². The Bertz CT molecular complexity index is 538. The molecule has 128 valence electrons. The maximum Gasteiger partial charge on any atom is 0.231 e. The molecule has 7 heteroatoms. The smallest absolute Gasteiger partial charge is 0.231 e. The van der Waals surface area contributed by atoms with Crippen molar-refractivity contribution in [1.29, 1.82) is 0 Å². The topological polar surface area (TPSA) is 64.1 Å². The van der Waals surface area contributed by atoms with Crippen molar-refractivity contribution in [2.45, 2.75) is 26.8 Å². The fourth-order valence-corrected chi connectivity index (χ4v) is 2.75. The summed E-state index contributed by atoms with van der Waals surface area (Å²) in [7, 11) is 0. The van der Waals surface area contributed by atoms with Gasteiger partial charge in [-0.3, -0.25) is 0 Å². The SMILES string of the molecule is CCNC(=NCc1cc(Br)c2c(c1)OCO2)NCCCOCC. The summed E-state index contributed by atoms with van der Waals surface area (Å²) in [4.78, 5) is 4.60. The number of hydrogen-bond donors (Lipinski definition) is 2. The zero-order valence-electron chi connectivity index (χ0n) is 13.7. The molecule has 1 aliphatic heterocycles. The molecule has 1 heterocycles. The second-order valence-corrected chi connectivity index (χ2v) is 5.84. The molecule has 0 aromatic heterocycles. The number of hydrogen-bond acceptors (Lipinski definition) is 4. The van der Waals surface area contributed by atoms with Crippen LogP contribution in [-0.4, -0.2) is 39.1 Å². The predicted octanol–water partition coefficient (Wildman–Crippen LogP) is 2.66. The Balaban J connectivity index is 1.90. The number of fused-ring (bicyclic) bond motifs is 1. The van der Waals surface area contributed by atoms with Gasteiger partial charge in [0.15, 0.2) is 17.5 Å². The molecule has 0 radical (unpaired) electrons. The number of benzene rings is 1. The van der Waals surface area contributed by atoms with Gasteiger partial charge in [0.05, 0.1) is 11.0 Å². The van der Waals surface area contributed by atoms with E-state index in [2.05, 4.69) is 38.5 Å². The van der Waals surface area contributed by atoms with E-state index < -0.39 is 0 Å². The molecule has 1 aliphatic rings. The summed E-state index contributed by atoms with van der Waals surface area (Å²) in [5.41, 5.74) is 1.06. The van der Waals surface area contributed by atoms with Crippen LogP contribution >= 0.6 is 15.9 Å². The molecule has 2 N–H and O–H groups in total. The van der Waals surface area contributed by atoms with Gasteiger partial charge in [0, 0.05) is 26.3 Å². The highest BCUT2D eigenvalue weighted by molar-refractivity contribution is 9.10. The first-order valence-electron chi connectivity index (χ1n) is 7.92. The molecule has 0 fully saturated rings. The van der Waals surface area contributed by atoms with Crippen LogP contribution < -0.4 is 20.1 Å². The van der Waals surface area contributed by atoms with Crippen LogP contribution in [0.15, 0.2) is 21.6 Å². The Hall–Kier alpha value is -1.47. The Morgan fingerprint density at radius 1 is 1.30 bits per heavy atom. The summed E-state index contributed by atoms with van der Waals surface area (Å²) in [5, 5.41) is 6.55. The van der Waals surface area contributed by atoms with Crippen LogP contribution in [-0.2, 0) is 11.3 Å². The molecule has 0 amide bonds. The summed E-state index contributed by atoms with van der Waals surface area (Å²) in [6, 6.07) is 3.98. The monoisotopic (exact) mass is 385 g/mol. The first kappa shape index (κ1) is 17.9. The lowest BCUT2D eigenvalue weighted by atomic mass is 10.2. The minimum absolute atomic E-state index is 0.269. The average Bonchev–Trinajstić information content (AvgIpc) is 3.01. The molecule has 0 atom stereocenters. The highest BCUT2D eigenvalue weighted by atomic mass is 79.9. The Morgan fingerprint density at radius 3 is 2.96 bits per heavy atom. The molecule has 0 unspecified atom stereocenters. The lowest BCUT2D eigenvalue weighted by Gasteiger charge is -2.11. The zero-order valence-corrected chi connectivity index (χ0v) is 15.2. The highest BCUT2D eigenvalue weighted by Gasteiger charge is 2.17. The molecular weight excluding hydrogens is 362 g/mol. The lowest BCUT2D eigenvalue weighted by molar-refractivity contribution is 0.145. The normalized spacial score (nSPS) is 13.3. The second-order valence-electron chi connectivity index (χ2n) is 4.98. The molecule has 0 saturated carbocycles. The van der Waals surface area contributed by atoms with E-state index in [0.29, 0.717) is 6.54 Å². The van der Waals surface area contributed by atoms with Crippen molar-refractivity contribution in [3.8, 4) is 11.5 Å². The maximum absolute atomic E-state index is 5.43. The van der Waals surface area contributed by atoms with E-state index in [-0.39, 0.29) is 6.79 Å². The third kappa shape index (κ3) is 5.58. The lowest BCUT2D eigenvalue weighted by Crippen LogP contribution is -2.38. The van der Waals surface area contributed by atoms with Crippen LogP contribution in [0.1, 0.15) is 25.8 Å². The van der Waals surface area contributed by atoms with E-state index in [9.17, 15) is 0 Å². The number of guanidine groups is 1. The quantitative estimate of drug-likeness (QED) is 0.409. The van der Waals surface area contributed by atoms with Crippen molar-refractivity contribution in [3.63, 3.8) is 0 Å². The third-order valence-electron chi connectivity index (χ3n) is 3.21. The molecule has 1 aromatic carbocycles. The molecule has 0 bridgehead atoms. The van der Waals surface area contributed by atoms with E-state index in [0.717, 1.165) is 60.2 Å². The summed E-state index contributed by atoms with van der Waals surface area (Å²) in [5.74, 6) is 2.33. The number of halogens is 1. The average molecular weight is 386 g/mol. The van der Waals surface area contributed by atoms with Gasteiger partial charge in [-0.1, -0.05) is 0 Å². The van der Waals surface area contributed by atoms with Gasteiger partial charge in [-0.05, 0) is 53.9 Å². The van der Waals surface area contributed by atoms with Gasteiger partial charge < -0.3 is 24.8 Å². The van der Waals surface area contributed by atoms with Crippen LogP contribution in [0.2, 0.25) is 0 Å². The fourth-order valence-electron chi connectivity index (χ4n) is 2.15. The van der Waals surface area contributed by atoms with Crippen LogP contribution in [0.5, 0.6) is 11.5 Å². The third-order valence-corrected chi connectivity index (χ3v) is 3.80. The van der Waals surface area contributed by atoms with Crippen molar-refractivity contribution in [2.75, 3.05) is 33.1 Å². The van der Waals surface area contributed by atoms with Crippen molar-refractivity contribution < 1.29 is 14.2 Å². The van der Waals surface area contributed by atoms with Crippen LogP contribution in [0, 0.1) is 0 Å². The van der Waals surface area contributed by atoms with Crippen molar-refractivity contribution in [2.24, 2.45) is 4.99 Å². The molecule has 0 aliphatic carbocycles. The molecular formula is C16H24BrN3O3. The Labute approximate surface area is 145 Å². The highest BCUT2D eigenvalue weighted by Crippen LogP contribution is 2.40. The number of ether oxygens (including phenoxy) is 3. The van der Waals surface area contributed by atoms with E-state index in [4.69, 9.17) is 14.2 Å². The van der Waals surface area contributed by atoms with Gasteiger partial charge in [0.1, 0.15) is 0 Å². The fraction of sp³-hybridized carbons (Fsp3) is 0.562. The Kier molecular flexibility index (Phi) is 7.48. The molecule has 0 saturated heterocycles. The van der Waals surface area contributed by atoms with Crippen molar-refractivity contribution in [1.82, 2.24) is 10.6 Å². The standard InChI is InChI=1S/C16H24BrN3O3/c1-3-18-16(19-6-5-7-21-4-2)20-10-12-8-13(17)15-14(9-12)22-11-23-15/h8-9H,3-7,10-11H2,1-2H3,(H2,18,19,20). The predicted molar refractivity (Wildman–Crippen MR) is 94.2 cm³/mol. The number of nitrogens with zero attached hydrogens (tertiary/aromatic N) is 1. The number of nitrogens with one attached hydrogen (secondary N) is 2. The summed E-state index contributed by atoms with van der Waals surface area (Å²) in [6.07, 6.45) is 0.952. The number of rotatable bonds is 8. The van der Waals surface area contributed by atoms with Gasteiger partial charge in [-0.25, -0.2) is 4.99 Å². The van der Waals surface area contributed by atoms with E-state index in [1.165, 1.54) is 0 Å². The minimum Gasteiger partial charge on any atom is -0.454 e. The van der Waals surface area contributed by atoms with Crippen LogP contribution in [0.3, 0.4) is 0 Å². The van der Waals surface area contributed by atoms with E-state index >= 15 is 0 Å². The van der Waals surface area contributed by atoms with Gasteiger partial charge in [0.2, 0.25) is 6.79 Å². The van der Waals surface area contributed by atoms with E-state index in [1.807, 2.05) is 19.1 Å². The first-order chi connectivity index (χ1) is 11.2. The molecule has 2 rings (SSSR count). The number of aliphatic imine (C=N–C) groups is 1. The zero-order chi connectivity index (χ0) is 16.5. The summed E-state index contributed by atoms with van der Waals surface area (Å²) >= 11 is 3.50. The van der Waals surface area contributed by atoms with Crippen LogP contribution in [0.25, 0.3) is 0 Å². The molecule has 23 heavy (non-hydrogen) atoms. The summed E-state index contributed by atoms with van der Waals surface area (Å²) < 4.78 is 17.0. The maximum atomic E-state index is 5.43. The largest absolute Gasteiger partial charge is 0.454 e. The van der Waals surface area contributed by atoms with Gasteiger partial charge in [-0.15, -0.1) is 0 Å². The minimum atomic E-state index is 0.269. The van der Waals surface area contributed by atoms with Crippen molar-refractivity contribution >= 4 is 21.9 Å². The van der Waals surface area contributed by atoms with Crippen LogP contribution in [0.4, 0.5) is 0 Å². The molecule has 0 spiro atoms. The molecule has 1 aromatic rings. The molecule has 6 nitrogen and oxygen atoms in total. The summed E-state index contributed by atoms with van der Waals surface area (Å²) in [6.45, 7) is 8.06. The second kappa shape index (κ2) is 9.62. The van der Waals surface area contributed by atoms with Crippen molar-refractivity contribution in [3.05, 3.63) is 22.2 Å². The first-order valence-corrected chi connectivity index (χ1v) is 8.71. The van der Waals surface area contributed by atoms with Gasteiger partial charge in [-0.2, -0.15) is 0 Å². The van der Waals surface area contributed by atoms with Gasteiger partial charge >= 0.3 is 0 Å². The van der Waals surface area contributed by atoms with E-state index in [1.54, 1.807) is 0 Å². The Morgan fingerprint density at radius 2 is 2.17 bits per heavy atom.